The zero-order chi connectivity index (χ0) is 12.3. The molecule has 0 fully saturated rings. The Labute approximate surface area is 102 Å². The summed E-state index contributed by atoms with van der Waals surface area (Å²) in [6, 6.07) is 4.64. The molecule has 0 unspecified atom stereocenters. The number of aromatic nitrogens is 2. The maximum atomic E-state index is 10.7. The van der Waals surface area contributed by atoms with Gasteiger partial charge in [0.15, 0.2) is 0 Å². The Morgan fingerprint density at radius 2 is 2.24 bits per heavy atom. The third kappa shape index (κ3) is 2.70. The fourth-order valence-corrected chi connectivity index (χ4v) is 1.31. The van der Waals surface area contributed by atoms with E-state index in [1.165, 1.54) is 24.7 Å². The number of pyridine rings is 2. The van der Waals surface area contributed by atoms with E-state index in [4.69, 9.17) is 21.4 Å². The van der Waals surface area contributed by atoms with Crippen LogP contribution in [0.25, 0.3) is 0 Å². The van der Waals surface area contributed by atoms with E-state index in [0.29, 0.717) is 5.02 Å². The Bertz CT molecular complexity index is 560. The van der Waals surface area contributed by atoms with Crippen molar-refractivity contribution >= 4 is 17.6 Å². The third-order valence-corrected chi connectivity index (χ3v) is 2.19. The summed E-state index contributed by atoms with van der Waals surface area (Å²) in [4.78, 5) is 18.4. The monoisotopic (exact) mass is 250 g/mol. The molecular formula is C11H7ClN2O3. The molecule has 0 spiro atoms. The second-order valence-corrected chi connectivity index (χ2v) is 3.51. The molecule has 0 radical (unpaired) electrons. The van der Waals surface area contributed by atoms with E-state index in [1.807, 2.05) is 0 Å². The van der Waals surface area contributed by atoms with Gasteiger partial charge in [-0.3, -0.25) is 4.98 Å². The molecule has 0 saturated heterocycles. The number of carboxylic acid groups (broad SMARTS) is 1. The lowest BCUT2D eigenvalue weighted by Crippen LogP contribution is -1.98. The van der Waals surface area contributed by atoms with Crippen LogP contribution in [-0.2, 0) is 0 Å². The minimum Gasteiger partial charge on any atom is -0.478 e. The number of carboxylic acids is 1. The van der Waals surface area contributed by atoms with Gasteiger partial charge < -0.3 is 9.84 Å². The van der Waals surface area contributed by atoms with Crippen LogP contribution in [0.3, 0.4) is 0 Å². The van der Waals surface area contributed by atoms with Gasteiger partial charge in [0.05, 0.1) is 11.8 Å². The summed E-state index contributed by atoms with van der Waals surface area (Å²) < 4.78 is 5.33. The number of rotatable bonds is 3. The first kappa shape index (κ1) is 11.3. The molecule has 0 bridgehead atoms. The Kier molecular flexibility index (Phi) is 3.20. The first-order valence-corrected chi connectivity index (χ1v) is 5.01. The number of nitrogens with zero attached hydrogens (tertiary/aromatic N) is 2. The standard InChI is InChI=1S/C11H7ClN2O3/c12-9-2-1-3-14-10(9)17-8-4-7(11(15)16)5-13-6-8/h1-6H,(H,15,16). The second-order valence-electron chi connectivity index (χ2n) is 3.11. The van der Waals surface area contributed by atoms with E-state index >= 15 is 0 Å². The van der Waals surface area contributed by atoms with Crippen molar-refractivity contribution in [1.82, 2.24) is 9.97 Å². The number of hydrogen-bond donors (Lipinski definition) is 1. The lowest BCUT2D eigenvalue weighted by atomic mass is 10.3. The molecule has 1 N–H and O–H groups in total. The summed E-state index contributed by atoms with van der Waals surface area (Å²) in [5.41, 5.74) is 0.0366. The largest absolute Gasteiger partial charge is 0.478 e. The number of hydrogen-bond acceptors (Lipinski definition) is 4. The van der Waals surface area contributed by atoms with E-state index in [2.05, 4.69) is 9.97 Å². The van der Waals surface area contributed by atoms with Crippen LogP contribution in [0.1, 0.15) is 10.4 Å². The quantitative estimate of drug-likeness (QED) is 0.907. The van der Waals surface area contributed by atoms with Gasteiger partial charge in [-0.1, -0.05) is 11.6 Å². The van der Waals surface area contributed by atoms with Crippen LogP contribution in [0.15, 0.2) is 36.8 Å². The van der Waals surface area contributed by atoms with E-state index in [0.717, 1.165) is 0 Å². The molecule has 2 heterocycles. The molecule has 6 heteroatoms. The van der Waals surface area contributed by atoms with Crippen LogP contribution in [0.2, 0.25) is 5.02 Å². The molecular weight excluding hydrogens is 244 g/mol. The fourth-order valence-electron chi connectivity index (χ4n) is 1.15. The van der Waals surface area contributed by atoms with Gasteiger partial charge in [-0.05, 0) is 18.2 Å². The average molecular weight is 251 g/mol. The van der Waals surface area contributed by atoms with Crippen LogP contribution in [0.4, 0.5) is 0 Å². The summed E-state index contributed by atoms with van der Waals surface area (Å²) in [5, 5.41) is 9.13. The minimum atomic E-state index is -1.07. The van der Waals surface area contributed by atoms with Crippen LogP contribution >= 0.6 is 11.6 Å². The molecule has 0 aromatic carbocycles. The van der Waals surface area contributed by atoms with Gasteiger partial charge >= 0.3 is 5.97 Å². The Morgan fingerprint density at radius 1 is 1.41 bits per heavy atom. The summed E-state index contributed by atoms with van der Waals surface area (Å²) >= 11 is 5.85. The van der Waals surface area contributed by atoms with Gasteiger partial charge in [0.25, 0.3) is 0 Å². The van der Waals surface area contributed by atoms with Crippen molar-refractivity contribution in [2.45, 2.75) is 0 Å². The Morgan fingerprint density at radius 3 is 2.94 bits per heavy atom. The zero-order valence-electron chi connectivity index (χ0n) is 8.50. The van der Waals surface area contributed by atoms with E-state index in [-0.39, 0.29) is 17.2 Å². The van der Waals surface area contributed by atoms with Crippen LogP contribution < -0.4 is 4.74 Å². The molecule has 86 valence electrons. The summed E-state index contributed by atoms with van der Waals surface area (Å²) in [7, 11) is 0. The maximum Gasteiger partial charge on any atom is 0.337 e. The summed E-state index contributed by atoms with van der Waals surface area (Å²) in [5.74, 6) is -0.598. The van der Waals surface area contributed by atoms with Crippen LogP contribution in [0.5, 0.6) is 11.6 Å². The van der Waals surface area contributed by atoms with Crippen molar-refractivity contribution in [1.29, 1.82) is 0 Å². The van der Waals surface area contributed by atoms with E-state index < -0.39 is 5.97 Å². The molecule has 0 aliphatic rings. The van der Waals surface area contributed by atoms with Crippen LogP contribution in [0, 0.1) is 0 Å². The third-order valence-electron chi connectivity index (χ3n) is 1.90. The molecule has 0 aliphatic heterocycles. The van der Waals surface area contributed by atoms with Crippen molar-refractivity contribution in [3.63, 3.8) is 0 Å². The number of carbonyl (C=O) groups is 1. The summed E-state index contributed by atoms with van der Waals surface area (Å²) in [6.45, 7) is 0. The predicted octanol–water partition coefficient (Wildman–Crippen LogP) is 2.62. The highest BCUT2D eigenvalue weighted by Gasteiger charge is 2.07. The molecule has 0 saturated carbocycles. The molecule has 17 heavy (non-hydrogen) atoms. The highest BCUT2D eigenvalue weighted by atomic mass is 35.5. The van der Waals surface area contributed by atoms with Gasteiger partial charge in [-0.25, -0.2) is 9.78 Å². The molecule has 2 aromatic heterocycles. The second kappa shape index (κ2) is 4.80. The zero-order valence-corrected chi connectivity index (χ0v) is 9.26. The van der Waals surface area contributed by atoms with Gasteiger partial charge in [-0.15, -0.1) is 0 Å². The average Bonchev–Trinajstić information content (AvgIpc) is 2.32. The first-order valence-electron chi connectivity index (χ1n) is 4.63. The van der Waals surface area contributed by atoms with Gasteiger partial charge in [0.1, 0.15) is 10.8 Å². The lowest BCUT2D eigenvalue weighted by molar-refractivity contribution is 0.0696. The molecule has 0 aliphatic carbocycles. The highest BCUT2D eigenvalue weighted by Crippen LogP contribution is 2.26. The Balaban J connectivity index is 2.28. The normalized spacial score (nSPS) is 9.94. The SMILES string of the molecule is O=C(O)c1cncc(Oc2ncccc2Cl)c1. The highest BCUT2D eigenvalue weighted by molar-refractivity contribution is 6.31. The maximum absolute atomic E-state index is 10.7. The molecule has 2 aromatic rings. The number of ether oxygens (including phenoxy) is 1. The van der Waals surface area contributed by atoms with Crippen molar-refractivity contribution in [3.8, 4) is 11.6 Å². The van der Waals surface area contributed by atoms with Crippen LogP contribution in [-0.4, -0.2) is 21.0 Å². The fraction of sp³-hybridized carbons (Fsp3) is 0. The number of halogens is 1. The Hall–Kier alpha value is -2.14. The molecule has 0 atom stereocenters. The molecule has 2 rings (SSSR count). The van der Waals surface area contributed by atoms with Gasteiger partial charge in [-0.2, -0.15) is 0 Å². The van der Waals surface area contributed by atoms with Gasteiger partial charge in [0.2, 0.25) is 5.88 Å². The van der Waals surface area contributed by atoms with Crippen molar-refractivity contribution in [3.05, 3.63) is 47.4 Å². The molecule has 0 amide bonds. The predicted molar refractivity (Wildman–Crippen MR) is 60.5 cm³/mol. The van der Waals surface area contributed by atoms with E-state index in [1.54, 1.807) is 12.1 Å². The van der Waals surface area contributed by atoms with Gasteiger partial charge in [0, 0.05) is 12.4 Å². The topological polar surface area (TPSA) is 72.3 Å². The lowest BCUT2D eigenvalue weighted by Gasteiger charge is -2.05. The van der Waals surface area contributed by atoms with Crippen molar-refractivity contribution in [2.24, 2.45) is 0 Å². The van der Waals surface area contributed by atoms with Crippen molar-refractivity contribution in [2.75, 3.05) is 0 Å². The first-order chi connectivity index (χ1) is 8.16. The van der Waals surface area contributed by atoms with Crippen molar-refractivity contribution < 1.29 is 14.6 Å². The smallest absolute Gasteiger partial charge is 0.337 e. The van der Waals surface area contributed by atoms with E-state index in [9.17, 15) is 4.79 Å². The summed E-state index contributed by atoms with van der Waals surface area (Å²) in [6.07, 6.45) is 4.14. The molecule has 5 nitrogen and oxygen atoms in total. The number of aromatic carboxylic acids is 1. The minimum absolute atomic E-state index is 0.0366.